The maximum atomic E-state index is 13.4. The Morgan fingerprint density at radius 1 is 0.893 bits per heavy atom. The smallest absolute Gasteiger partial charge is 0.255 e. The molecule has 290 valence electrons. The van der Waals surface area contributed by atoms with Gasteiger partial charge >= 0.3 is 0 Å². The lowest BCUT2D eigenvalue weighted by Crippen LogP contribution is -2.52. The summed E-state index contributed by atoms with van der Waals surface area (Å²) in [5.74, 6) is -0.940. The zero-order valence-corrected chi connectivity index (χ0v) is 32.2. The Morgan fingerprint density at radius 3 is 2.29 bits per heavy atom. The number of nitrogens with zero attached hydrogens (tertiary/aromatic N) is 6. The quantitative estimate of drug-likeness (QED) is 0.253. The van der Waals surface area contributed by atoms with Gasteiger partial charge in [-0.2, -0.15) is 0 Å². The number of piperazine rings is 1. The molecule has 4 aliphatic heterocycles. The van der Waals surface area contributed by atoms with Crippen LogP contribution >= 0.6 is 11.6 Å². The van der Waals surface area contributed by atoms with Gasteiger partial charge in [-0.3, -0.25) is 34.2 Å². The highest BCUT2D eigenvalue weighted by molar-refractivity contribution is 6.33. The topological polar surface area (TPSA) is 130 Å². The number of carbonyl (C=O) groups is 5. The van der Waals surface area contributed by atoms with E-state index in [4.69, 9.17) is 18.2 Å². The van der Waals surface area contributed by atoms with Gasteiger partial charge in [0.15, 0.2) is 0 Å². The van der Waals surface area contributed by atoms with Crippen molar-refractivity contribution in [3.63, 3.8) is 0 Å². The van der Waals surface area contributed by atoms with Crippen molar-refractivity contribution < 1.29 is 24.0 Å². The second-order valence-corrected chi connectivity index (χ2v) is 16.0. The summed E-state index contributed by atoms with van der Waals surface area (Å²) in [6.45, 7) is 11.8. The average molecular weight is 777 g/mol. The van der Waals surface area contributed by atoms with Crippen molar-refractivity contribution in [3.05, 3.63) is 98.9 Å². The lowest BCUT2D eigenvalue weighted by molar-refractivity contribution is -0.137. The molecular formula is C42H45ClN8O5. The van der Waals surface area contributed by atoms with Crippen molar-refractivity contribution in [2.45, 2.75) is 76.3 Å². The van der Waals surface area contributed by atoms with Gasteiger partial charge in [-0.1, -0.05) is 23.7 Å². The summed E-state index contributed by atoms with van der Waals surface area (Å²) in [5.41, 5.74) is 6.55. The van der Waals surface area contributed by atoms with E-state index in [2.05, 4.69) is 37.2 Å². The van der Waals surface area contributed by atoms with Crippen LogP contribution in [0.1, 0.15) is 75.9 Å². The minimum Gasteiger partial charge on any atom is -0.372 e. The number of rotatable bonds is 8. The molecule has 1 aliphatic carbocycles. The highest BCUT2D eigenvalue weighted by Crippen LogP contribution is 2.35. The van der Waals surface area contributed by atoms with Gasteiger partial charge in [-0.25, -0.2) is 4.85 Å². The number of carbonyl (C=O) groups excluding carboxylic acids is 5. The molecule has 0 bridgehead atoms. The van der Waals surface area contributed by atoms with Gasteiger partial charge in [0, 0.05) is 98.9 Å². The molecule has 0 spiro atoms. The minimum absolute atomic E-state index is 0.0549. The number of amides is 5. The van der Waals surface area contributed by atoms with Crippen LogP contribution in [0.2, 0.25) is 5.02 Å². The molecule has 5 amide bonds. The third-order valence-corrected chi connectivity index (χ3v) is 12.5. The second-order valence-electron chi connectivity index (χ2n) is 15.6. The summed E-state index contributed by atoms with van der Waals surface area (Å²) in [6.07, 6.45) is 4.22. The van der Waals surface area contributed by atoms with Crippen molar-refractivity contribution >= 4 is 58.2 Å². The molecule has 2 N–H and O–H groups in total. The molecule has 0 unspecified atom stereocenters. The van der Waals surface area contributed by atoms with Crippen molar-refractivity contribution in [1.29, 1.82) is 0 Å². The highest BCUT2D eigenvalue weighted by Gasteiger charge is 2.40. The SMILES string of the molecule is [C-]#[N+]c1ccc(N(C)C2CCC(NC(=O)c3ccc(N4CCN(CC(=O)N5Cc6cc7c(cc6C5)C(=O)N([C@@H]5CCC(=O)NC5=O)C7)CC4)cc3)CC2)cc1Cl. The molecule has 3 aromatic rings. The summed E-state index contributed by atoms with van der Waals surface area (Å²) in [5, 5.41) is 6.04. The van der Waals surface area contributed by atoms with Crippen LogP contribution in [0.3, 0.4) is 0 Å². The van der Waals surface area contributed by atoms with Crippen molar-refractivity contribution in [3.8, 4) is 0 Å². The lowest BCUT2D eigenvalue weighted by Gasteiger charge is -2.36. The molecule has 56 heavy (non-hydrogen) atoms. The van der Waals surface area contributed by atoms with Gasteiger partial charge < -0.3 is 24.9 Å². The number of imide groups is 1. The number of hydrogen-bond acceptors (Lipinski definition) is 8. The van der Waals surface area contributed by atoms with E-state index < -0.39 is 11.9 Å². The van der Waals surface area contributed by atoms with Gasteiger partial charge in [0.25, 0.3) is 11.8 Å². The second kappa shape index (κ2) is 15.6. The molecule has 1 saturated carbocycles. The normalized spacial score (nSPS) is 22.3. The predicted octanol–water partition coefficient (Wildman–Crippen LogP) is 4.49. The number of anilines is 2. The molecule has 13 nitrogen and oxygen atoms in total. The molecule has 8 rings (SSSR count). The Labute approximate surface area is 331 Å². The Hall–Kier alpha value is -5.45. The number of fused-ring (bicyclic) bond motifs is 2. The number of halogens is 1. The van der Waals surface area contributed by atoms with Crippen molar-refractivity contribution in [2.24, 2.45) is 0 Å². The van der Waals surface area contributed by atoms with Gasteiger partial charge in [-0.05, 0) is 91.3 Å². The van der Waals surface area contributed by atoms with E-state index in [1.54, 1.807) is 11.0 Å². The monoisotopic (exact) mass is 776 g/mol. The van der Waals surface area contributed by atoms with Crippen LogP contribution in [0.25, 0.3) is 4.85 Å². The largest absolute Gasteiger partial charge is 0.372 e. The molecule has 3 fully saturated rings. The third-order valence-electron chi connectivity index (χ3n) is 12.2. The first-order valence-corrected chi connectivity index (χ1v) is 19.8. The van der Waals surface area contributed by atoms with Gasteiger partial charge in [0.05, 0.1) is 13.1 Å². The van der Waals surface area contributed by atoms with Crippen LogP contribution in [0.4, 0.5) is 17.1 Å². The van der Waals surface area contributed by atoms with Crippen LogP contribution in [0.15, 0.2) is 54.6 Å². The summed E-state index contributed by atoms with van der Waals surface area (Å²) in [6, 6.07) is 17.0. The molecule has 0 aromatic heterocycles. The summed E-state index contributed by atoms with van der Waals surface area (Å²) < 4.78 is 0. The van der Waals surface area contributed by atoms with Crippen LogP contribution in [-0.2, 0) is 34.0 Å². The zero-order chi connectivity index (χ0) is 39.1. The summed E-state index contributed by atoms with van der Waals surface area (Å²) in [7, 11) is 2.06. The molecule has 5 aliphatic rings. The first-order chi connectivity index (χ1) is 27.0. The van der Waals surface area contributed by atoms with Gasteiger partial charge in [-0.15, -0.1) is 0 Å². The molecule has 0 radical (unpaired) electrons. The molecule has 2 saturated heterocycles. The fraction of sp³-hybridized carbons (Fsp3) is 0.429. The molecule has 1 atom stereocenters. The first kappa shape index (κ1) is 37.5. The maximum Gasteiger partial charge on any atom is 0.255 e. The van der Waals surface area contributed by atoms with Crippen LogP contribution in [-0.4, -0.2) is 102 Å². The standard InChI is InChI=1S/C42H45ClN8O5/c1-44-36-12-11-33(21-35(36)43)47(2)31-9-5-30(6-10-31)45-40(54)26-3-7-32(8-4-26)49-17-15-48(16-18-49)25-39(53)50-22-27-19-29-24-51(37-13-14-38(52)46-41(37)55)42(56)34(29)20-28(27)23-50/h3-4,7-8,11-12,19-21,30-31,37H,5-6,9-10,13-18,22-25H2,2H3,(H,45,54)(H,46,52,55)/t30?,31?,37-/m1/s1. The van der Waals surface area contributed by atoms with E-state index in [9.17, 15) is 24.0 Å². The fourth-order valence-electron chi connectivity index (χ4n) is 8.82. The Kier molecular flexibility index (Phi) is 10.4. The lowest BCUT2D eigenvalue weighted by atomic mass is 9.90. The van der Waals surface area contributed by atoms with Crippen molar-refractivity contribution in [2.75, 3.05) is 49.6 Å². The van der Waals surface area contributed by atoms with E-state index in [0.717, 1.165) is 79.9 Å². The number of nitrogens with one attached hydrogen (secondary N) is 2. The zero-order valence-electron chi connectivity index (χ0n) is 31.4. The molecule has 3 aromatic carbocycles. The molecule has 14 heteroatoms. The fourth-order valence-corrected chi connectivity index (χ4v) is 9.04. The maximum absolute atomic E-state index is 13.4. The van der Waals surface area contributed by atoms with E-state index >= 15 is 0 Å². The Bertz CT molecular complexity index is 2120. The molecule has 4 heterocycles. The number of benzene rings is 3. The predicted molar refractivity (Wildman–Crippen MR) is 211 cm³/mol. The summed E-state index contributed by atoms with van der Waals surface area (Å²) in [4.78, 5) is 77.4. The minimum atomic E-state index is -0.646. The van der Waals surface area contributed by atoms with Gasteiger partial charge in [0.2, 0.25) is 23.4 Å². The van der Waals surface area contributed by atoms with Crippen LogP contribution in [0.5, 0.6) is 0 Å². The van der Waals surface area contributed by atoms with E-state index in [1.165, 1.54) is 0 Å². The van der Waals surface area contributed by atoms with E-state index in [1.807, 2.05) is 53.4 Å². The summed E-state index contributed by atoms with van der Waals surface area (Å²) >= 11 is 6.27. The Morgan fingerprint density at radius 2 is 1.61 bits per heavy atom. The highest BCUT2D eigenvalue weighted by atomic mass is 35.5. The van der Waals surface area contributed by atoms with Crippen LogP contribution < -0.4 is 20.4 Å². The van der Waals surface area contributed by atoms with Crippen molar-refractivity contribution in [1.82, 2.24) is 25.3 Å². The van der Waals surface area contributed by atoms with Gasteiger partial charge in [0.1, 0.15) is 6.04 Å². The van der Waals surface area contributed by atoms with E-state index in [0.29, 0.717) is 60.5 Å². The number of piperidine rings is 1. The van der Waals surface area contributed by atoms with E-state index in [-0.39, 0.29) is 36.1 Å². The average Bonchev–Trinajstić information content (AvgIpc) is 3.77. The Balaban J connectivity index is 0.770. The molecular weight excluding hydrogens is 732 g/mol. The first-order valence-electron chi connectivity index (χ1n) is 19.4. The van der Waals surface area contributed by atoms with Crippen LogP contribution in [0, 0.1) is 6.57 Å². The number of hydrogen-bond donors (Lipinski definition) is 2. The third kappa shape index (κ3) is 7.55.